The molecule has 2 rings (SSSR count). The highest BCUT2D eigenvalue weighted by molar-refractivity contribution is 5.88. The lowest BCUT2D eigenvalue weighted by atomic mass is 10.3. The molecule has 0 aliphatic rings. The first-order chi connectivity index (χ1) is 9.58. The third-order valence-electron chi connectivity index (χ3n) is 2.69. The summed E-state index contributed by atoms with van der Waals surface area (Å²) in [6.45, 7) is 2.24. The van der Waals surface area contributed by atoms with Gasteiger partial charge in [-0.1, -0.05) is 6.07 Å². The lowest BCUT2D eigenvalue weighted by Crippen LogP contribution is -2.21. The van der Waals surface area contributed by atoms with Crippen LogP contribution in [0.5, 0.6) is 5.75 Å². The van der Waals surface area contributed by atoms with E-state index in [2.05, 4.69) is 4.98 Å². The minimum absolute atomic E-state index is 0.120. The highest BCUT2D eigenvalue weighted by atomic mass is 16.5. The SMILES string of the molecule is Cc1ccc(OCCn2ccccc2=O)c(C(=O)O)n1. The average Bonchev–Trinajstić information content (AvgIpc) is 2.42. The second kappa shape index (κ2) is 6.01. The van der Waals surface area contributed by atoms with Gasteiger partial charge in [-0.2, -0.15) is 0 Å². The summed E-state index contributed by atoms with van der Waals surface area (Å²) in [6, 6.07) is 8.11. The summed E-state index contributed by atoms with van der Waals surface area (Å²) < 4.78 is 6.90. The van der Waals surface area contributed by atoms with Crippen molar-refractivity contribution in [3.8, 4) is 5.75 Å². The molecule has 0 aliphatic carbocycles. The van der Waals surface area contributed by atoms with Gasteiger partial charge < -0.3 is 14.4 Å². The molecule has 1 N–H and O–H groups in total. The first kappa shape index (κ1) is 13.8. The average molecular weight is 274 g/mol. The molecule has 20 heavy (non-hydrogen) atoms. The Labute approximate surface area is 115 Å². The van der Waals surface area contributed by atoms with Gasteiger partial charge in [-0.25, -0.2) is 9.78 Å². The van der Waals surface area contributed by atoms with E-state index in [1.807, 2.05) is 0 Å². The maximum Gasteiger partial charge on any atom is 0.358 e. The molecule has 6 heteroatoms. The second-order valence-corrected chi connectivity index (χ2v) is 4.19. The number of aromatic nitrogens is 2. The lowest BCUT2D eigenvalue weighted by molar-refractivity contribution is 0.0685. The largest absolute Gasteiger partial charge is 0.489 e. The van der Waals surface area contributed by atoms with Gasteiger partial charge in [-0.05, 0) is 25.1 Å². The Morgan fingerprint density at radius 3 is 2.85 bits per heavy atom. The van der Waals surface area contributed by atoms with E-state index >= 15 is 0 Å². The number of aryl methyl sites for hydroxylation is 1. The molecule has 2 aromatic rings. The second-order valence-electron chi connectivity index (χ2n) is 4.19. The molecule has 0 atom stereocenters. The highest BCUT2D eigenvalue weighted by Crippen LogP contribution is 2.16. The van der Waals surface area contributed by atoms with Crippen molar-refractivity contribution >= 4 is 5.97 Å². The normalized spacial score (nSPS) is 10.2. The molecule has 0 fully saturated rings. The fourth-order valence-corrected chi connectivity index (χ4v) is 1.71. The number of carboxylic acid groups (broad SMARTS) is 1. The van der Waals surface area contributed by atoms with E-state index in [1.54, 1.807) is 37.4 Å². The van der Waals surface area contributed by atoms with Gasteiger partial charge in [0.15, 0.2) is 11.4 Å². The number of hydrogen-bond acceptors (Lipinski definition) is 4. The third kappa shape index (κ3) is 3.23. The van der Waals surface area contributed by atoms with Crippen LogP contribution >= 0.6 is 0 Å². The van der Waals surface area contributed by atoms with Gasteiger partial charge in [-0.15, -0.1) is 0 Å². The minimum atomic E-state index is -1.14. The monoisotopic (exact) mass is 274 g/mol. The predicted molar refractivity (Wildman–Crippen MR) is 72.1 cm³/mol. The molecule has 6 nitrogen and oxygen atoms in total. The van der Waals surface area contributed by atoms with E-state index in [9.17, 15) is 9.59 Å². The number of ether oxygens (including phenoxy) is 1. The number of rotatable bonds is 5. The van der Waals surface area contributed by atoms with E-state index in [4.69, 9.17) is 9.84 Å². The summed E-state index contributed by atoms with van der Waals surface area (Å²) in [4.78, 5) is 26.5. The zero-order valence-corrected chi connectivity index (χ0v) is 10.9. The van der Waals surface area contributed by atoms with E-state index in [0.29, 0.717) is 12.2 Å². The fraction of sp³-hybridized carbons (Fsp3) is 0.214. The summed E-state index contributed by atoms with van der Waals surface area (Å²) in [5, 5.41) is 9.05. The summed E-state index contributed by atoms with van der Waals surface area (Å²) >= 11 is 0. The minimum Gasteiger partial charge on any atom is -0.489 e. The van der Waals surface area contributed by atoms with Gasteiger partial charge in [0.05, 0.1) is 6.54 Å². The van der Waals surface area contributed by atoms with Gasteiger partial charge >= 0.3 is 5.97 Å². The van der Waals surface area contributed by atoms with Crippen LogP contribution in [0.3, 0.4) is 0 Å². The maximum atomic E-state index is 11.5. The van der Waals surface area contributed by atoms with Gasteiger partial charge in [0.1, 0.15) is 6.61 Å². The van der Waals surface area contributed by atoms with Gasteiger partial charge in [-0.3, -0.25) is 4.79 Å². The van der Waals surface area contributed by atoms with Crippen LogP contribution in [-0.4, -0.2) is 27.2 Å². The van der Waals surface area contributed by atoms with Gasteiger partial charge in [0.25, 0.3) is 5.56 Å². The van der Waals surface area contributed by atoms with Gasteiger partial charge in [0.2, 0.25) is 0 Å². The molecule has 0 aliphatic heterocycles. The van der Waals surface area contributed by atoms with Crippen LogP contribution in [0.15, 0.2) is 41.3 Å². The Morgan fingerprint density at radius 1 is 1.35 bits per heavy atom. The summed E-state index contributed by atoms with van der Waals surface area (Å²) in [5.74, 6) is -0.937. The molecular formula is C14H14N2O4. The van der Waals surface area contributed by atoms with Crippen LogP contribution in [0.2, 0.25) is 0 Å². The standard InChI is InChI=1S/C14H14N2O4/c1-10-5-6-11(13(15-10)14(18)19)20-9-8-16-7-3-2-4-12(16)17/h2-7H,8-9H2,1H3,(H,18,19). The van der Waals surface area contributed by atoms with Crippen LogP contribution in [0.25, 0.3) is 0 Å². The van der Waals surface area contributed by atoms with Crippen LogP contribution in [-0.2, 0) is 6.54 Å². The zero-order chi connectivity index (χ0) is 14.5. The fourth-order valence-electron chi connectivity index (χ4n) is 1.71. The molecule has 0 radical (unpaired) electrons. The predicted octanol–water partition coefficient (Wildman–Crippen LogP) is 1.33. The summed E-state index contributed by atoms with van der Waals surface area (Å²) in [6.07, 6.45) is 1.65. The first-order valence-electron chi connectivity index (χ1n) is 6.07. The van der Waals surface area contributed by atoms with Crippen molar-refractivity contribution in [1.82, 2.24) is 9.55 Å². The number of pyridine rings is 2. The molecule has 0 spiro atoms. The first-order valence-corrected chi connectivity index (χ1v) is 6.07. The lowest BCUT2D eigenvalue weighted by Gasteiger charge is -2.10. The highest BCUT2D eigenvalue weighted by Gasteiger charge is 2.13. The molecular weight excluding hydrogens is 260 g/mol. The van der Waals surface area contributed by atoms with Crippen molar-refractivity contribution in [2.45, 2.75) is 13.5 Å². The zero-order valence-electron chi connectivity index (χ0n) is 10.9. The van der Waals surface area contributed by atoms with E-state index < -0.39 is 5.97 Å². The van der Waals surface area contributed by atoms with E-state index in [1.165, 1.54) is 10.6 Å². The Hall–Kier alpha value is -2.63. The van der Waals surface area contributed by atoms with Crippen molar-refractivity contribution < 1.29 is 14.6 Å². The quantitative estimate of drug-likeness (QED) is 0.889. The smallest absolute Gasteiger partial charge is 0.358 e. The molecule has 0 saturated carbocycles. The van der Waals surface area contributed by atoms with Gasteiger partial charge in [0, 0.05) is 18.0 Å². The molecule has 2 aromatic heterocycles. The number of hydrogen-bond donors (Lipinski definition) is 1. The molecule has 0 bridgehead atoms. The topological polar surface area (TPSA) is 81.4 Å². The molecule has 0 unspecified atom stereocenters. The Kier molecular flexibility index (Phi) is 4.14. The van der Waals surface area contributed by atoms with Crippen molar-refractivity contribution in [1.29, 1.82) is 0 Å². The number of aromatic carboxylic acids is 1. The van der Waals surface area contributed by atoms with Crippen molar-refractivity contribution in [2.75, 3.05) is 6.61 Å². The Morgan fingerprint density at radius 2 is 2.15 bits per heavy atom. The van der Waals surface area contributed by atoms with Crippen molar-refractivity contribution in [3.63, 3.8) is 0 Å². The Balaban J connectivity index is 2.07. The number of carboxylic acids is 1. The molecule has 0 aromatic carbocycles. The molecule has 0 amide bonds. The summed E-state index contributed by atoms with van der Waals surface area (Å²) in [5.41, 5.74) is 0.357. The molecule has 2 heterocycles. The number of carbonyl (C=O) groups is 1. The van der Waals surface area contributed by atoms with E-state index in [0.717, 1.165) is 0 Å². The van der Waals surface area contributed by atoms with Crippen LogP contribution in [0, 0.1) is 6.92 Å². The van der Waals surface area contributed by atoms with Crippen LogP contribution in [0.4, 0.5) is 0 Å². The molecule has 0 saturated heterocycles. The van der Waals surface area contributed by atoms with Crippen molar-refractivity contribution in [3.05, 3.63) is 58.3 Å². The third-order valence-corrected chi connectivity index (χ3v) is 2.69. The van der Waals surface area contributed by atoms with Crippen molar-refractivity contribution in [2.24, 2.45) is 0 Å². The van der Waals surface area contributed by atoms with E-state index in [-0.39, 0.29) is 23.6 Å². The van der Waals surface area contributed by atoms with Crippen LogP contribution < -0.4 is 10.3 Å². The van der Waals surface area contributed by atoms with Crippen LogP contribution in [0.1, 0.15) is 16.2 Å². The number of nitrogens with zero attached hydrogens (tertiary/aromatic N) is 2. The molecule has 104 valence electrons. The Bertz CT molecular complexity index is 679. The maximum absolute atomic E-state index is 11.5. The summed E-state index contributed by atoms with van der Waals surface area (Å²) in [7, 11) is 0.